The molecule has 0 bridgehead atoms. The number of hydrogen-bond donors (Lipinski definition) is 1. The van der Waals surface area contributed by atoms with Crippen molar-refractivity contribution in [3.8, 4) is 22.9 Å². The summed E-state index contributed by atoms with van der Waals surface area (Å²) < 4.78 is 67.7. The molecule has 0 spiro atoms. The molecule has 1 N–H and O–H groups in total. The van der Waals surface area contributed by atoms with Crippen molar-refractivity contribution in [2.24, 2.45) is 0 Å². The Bertz CT molecular complexity index is 1730. The van der Waals surface area contributed by atoms with Gasteiger partial charge in [0.25, 0.3) is 10.0 Å². The molecule has 2 aromatic heterocycles. The smallest absolute Gasteiger partial charge is 0.286 e. The minimum absolute atomic E-state index is 0.00448. The van der Waals surface area contributed by atoms with Gasteiger partial charge in [0.2, 0.25) is 0 Å². The fraction of sp³-hybridized carbons (Fsp3) is 0.160. The molecule has 0 aliphatic carbocycles. The second kappa shape index (κ2) is 10.8. The van der Waals surface area contributed by atoms with Crippen molar-refractivity contribution in [3.05, 3.63) is 96.6 Å². The Morgan fingerprint density at radius 3 is 2.52 bits per heavy atom. The zero-order valence-corrected chi connectivity index (χ0v) is 21.6. The first-order valence-corrected chi connectivity index (χ1v) is 13.1. The van der Waals surface area contributed by atoms with Gasteiger partial charge in [0.1, 0.15) is 36.5 Å². The molecular formula is C25H21F2N7O5S. The van der Waals surface area contributed by atoms with Gasteiger partial charge in [-0.1, -0.05) is 24.3 Å². The summed E-state index contributed by atoms with van der Waals surface area (Å²) in [6.45, 7) is -0.757. The standard InChI is InChI=1S/C25H21F2N7O5S/c1-38-23-11-17(24-30-31-32-34(24)40(36,37)19-5-3-2-4-6-19)7-10-22(23)39-14-25(35,13-33-16-28-15-29-33)20-9-8-18(26)12-21(20)27/h2-12,15-16,35H,13-14H2,1H3. The van der Waals surface area contributed by atoms with E-state index in [-0.39, 0.29) is 39.9 Å². The molecule has 0 saturated heterocycles. The number of methoxy groups -OCH3 is 1. The number of ether oxygens (including phenoxy) is 2. The van der Waals surface area contributed by atoms with Crippen molar-refractivity contribution in [1.29, 1.82) is 0 Å². The van der Waals surface area contributed by atoms with Crippen LogP contribution in [-0.2, 0) is 22.2 Å². The van der Waals surface area contributed by atoms with E-state index in [1.165, 1.54) is 54.8 Å². The van der Waals surface area contributed by atoms with Crippen LogP contribution >= 0.6 is 0 Å². The van der Waals surface area contributed by atoms with Crippen LogP contribution in [0.4, 0.5) is 8.78 Å². The minimum atomic E-state index is -4.10. The summed E-state index contributed by atoms with van der Waals surface area (Å²) in [5.41, 5.74) is -1.93. The van der Waals surface area contributed by atoms with E-state index in [2.05, 4.69) is 25.6 Å². The second-order valence-electron chi connectivity index (χ2n) is 8.57. The number of halogens is 2. The lowest BCUT2D eigenvalue weighted by molar-refractivity contribution is -0.0302. The highest BCUT2D eigenvalue weighted by Gasteiger charge is 2.35. The molecule has 0 fully saturated rings. The molecule has 1 atom stereocenters. The van der Waals surface area contributed by atoms with Gasteiger partial charge in [-0.2, -0.15) is 13.5 Å². The van der Waals surface area contributed by atoms with Crippen LogP contribution < -0.4 is 9.47 Å². The highest BCUT2D eigenvalue weighted by Crippen LogP contribution is 2.35. The monoisotopic (exact) mass is 569 g/mol. The highest BCUT2D eigenvalue weighted by atomic mass is 32.2. The molecule has 0 radical (unpaired) electrons. The first kappa shape index (κ1) is 26.8. The second-order valence-corrected chi connectivity index (χ2v) is 10.3. The first-order chi connectivity index (χ1) is 19.2. The van der Waals surface area contributed by atoms with Crippen LogP contribution in [0.2, 0.25) is 0 Å². The molecule has 12 nitrogen and oxygen atoms in total. The lowest BCUT2D eigenvalue weighted by atomic mass is 9.94. The maximum Gasteiger partial charge on any atom is 0.286 e. The number of rotatable bonds is 10. The molecule has 1 unspecified atom stereocenters. The van der Waals surface area contributed by atoms with Crippen LogP contribution in [0.25, 0.3) is 11.4 Å². The summed E-state index contributed by atoms with van der Waals surface area (Å²) in [6.07, 6.45) is 2.57. The van der Waals surface area contributed by atoms with Crippen LogP contribution in [0.3, 0.4) is 0 Å². The van der Waals surface area contributed by atoms with Gasteiger partial charge in [-0.15, -0.1) is 9.19 Å². The Balaban J connectivity index is 1.45. The number of aromatic nitrogens is 7. The molecule has 3 aromatic carbocycles. The van der Waals surface area contributed by atoms with Gasteiger partial charge in [-0.05, 0) is 46.8 Å². The van der Waals surface area contributed by atoms with Gasteiger partial charge in [-0.25, -0.2) is 18.4 Å². The van der Waals surface area contributed by atoms with Crippen LogP contribution in [0.5, 0.6) is 11.5 Å². The molecule has 0 saturated carbocycles. The molecule has 5 rings (SSSR count). The van der Waals surface area contributed by atoms with Crippen LogP contribution in [0, 0.1) is 11.6 Å². The van der Waals surface area contributed by atoms with Gasteiger partial charge < -0.3 is 14.6 Å². The molecule has 0 aliphatic rings. The van der Waals surface area contributed by atoms with Crippen LogP contribution in [0.15, 0.2) is 84.3 Å². The van der Waals surface area contributed by atoms with Crippen molar-refractivity contribution in [1.82, 2.24) is 34.4 Å². The predicted octanol–water partition coefficient (Wildman–Crippen LogP) is 2.42. The van der Waals surface area contributed by atoms with Crippen molar-refractivity contribution in [2.75, 3.05) is 13.7 Å². The van der Waals surface area contributed by atoms with Crippen molar-refractivity contribution < 1.29 is 31.8 Å². The zero-order valence-electron chi connectivity index (χ0n) is 20.8. The van der Waals surface area contributed by atoms with Crippen molar-refractivity contribution in [3.63, 3.8) is 0 Å². The van der Waals surface area contributed by atoms with E-state index in [0.717, 1.165) is 12.1 Å². The molecule has 0 amide bonds. The van der Waals surface area contributed by atoms with E-state index >= 15 is 0 Å². The van der Waals surface area contributed by atoms with Crippen molar-refractivity contribution >= 4 is 10.0 Å². The SMILES string of the molecule is COc1cc(-c2nnnn2S(=O)(=O)c2ccccc2)ccc1OCC(O)(Cn1cncn1)c1ccc(F)cc1F. The van der Waals surface area contributed by atoms with E-state index in [0.29, 0.717) is 10.2 Å². The maximum absolute atomic E-state index is 14.7. The lowest BCUT2D eigenvalue weighted by Crippen LogP contribution is -2.39. The van der Waals surface area contributed by atoms with Gasteiger partial charge in [0.15, 0.2) is 17.3 Å². The summed E-state index contributed by atoms with van der Waals surface area (Å²) in [5, 5.41) is 26.5. The van der Waals surface area contributed by atoms with E-state index in [4.69, 9.17) is 9.47 Å². The normalized spacial score (nSPS) is 13.1. The summed E-state index contributed by atoms with van der Waals surface area (Å²) in [7, 11) is -2.74. The van der Waals surface area contributed by atoms with Gasteiger partial charge >= 0.3 is 0 Å². The number of hydrogen-bond acceptors (Lipinski definition) is 10. The Morgan fingerprint density at radius 1 is 1.02 bits per heavy atom. The summed E-state index contributed by atoms with van der Waals surface area (Å²) >= 11 is 0. The third-order valence-corrected chi connectivity index (χ3v) is 7.49. The maximum atomic E-state index is 14.7. The molecule has 15 heteroatoms. The summed E-state index contributed by atoms with van der Waals surface area (Å²) in [5.74, 6) is -1.58. The highest BCUT2D eigenvalue weighted by molar-refractivity contribution is 7.90. The fourth-order valence-electron chi connectivity index (χ4n) is 3.98. The van der Waals surface area contributed by atoms with E-state index in [9.17, 15) is 22.3 Å². The quantitative estimate of drug-likeness (QED) is 0.266. The van der Waals surface area contributed by atoms with Crippen LogP contribution in [-0.4, -0.2) is 61.6 Å². The number of aliphatic hydroxyl groups is 1. The van der Waals surface area contributed by atoms with Crippen molar-refractivity contribution in [2.45, 2.75) is 17.0 Å². The zero-order chi connectivity index (χ0) is 28.3. The number of benzene rings is 3. The molecular weight excluding hydrogens is 548 g/mol. The molecule has 2 heterocycles. The Kier molecular flexibility index (Phi) is 7.23. The van der Waals surface area contributed by atoms with E-state index in [1.54, 1.807) is 18.2 Å². The molecule has 5 aromatic rings. The predicted molar refractivity (Wildman–Crippen MR) is 135 cm³/mol. The largest absolute Gasteiger partial charge is 0.493 e. The Morgan fingerprint density at radius 2 is 1.82 bits per heavy atom. The molecule has 40 heavy (non-hydrogen) atoms. The van der Waals surface area contributed by atoms with E-state index in [1.807, 2.05) is 0 Å². The average Bonchev–Trinajstić information content (AvgIpc) is 3.65. The third kappa shape index (κ3) is 5.23. The average molecular weight is 570 g/mol. The number of tetrazole rings is 1. The Hall–Kier alpha value is -4.76. The van der Waals surface area contributed by atoms with Gasteiger partial charge in [0, 0.05) is 17.2 Å². The summed E-state index contributed by atoms with van der Waals surface area (Å²) in [4.78, 5) is 3.82. The Labute approximate surface area is 226 Å². The van der Waals surface area contributed by atoms with Crippen LogP contribution in [0.1, 0.15) is 5.56 Å². The lowest BCUT2D eigenvalue weighted by Gasteiger charge is -2.29. The fourth-order valence-corrected chi connectivity index (χ4v) is 5.18. The summed E-state index contributed by atoms with van der Waals surface area (Å²) in [6, 6.07) is 14.9. The topological polar surface area (TPSA) is 147 Å². The molecule has 206 valence electrons. The third-order valence-electron chi connectivity index (χ3n) is 5.92. The first-order valence-electron chi connectivity index (χ1n) is 11.6. The van der Waals surface area contributed by atoms with E-state index < -0.39 is 33.9 Å². The van der Waals surface area contributed by atoms with Gasteiger partial charge in [-0.3, -0.25) is 0 Å². The van der Waals surface area contributed by atoms with Gasteiger partial charge in [0.05, 0.1) is 18.6 Å². The molecule has 0 aliphatic heterocycles. The minimum Gasteiger partial charge on any atom is -0.493 e. The number of nitrogens with zero attached hydrogens (tertiary/aromatic N) is 7.